The van der Waals surface area contributed by atoms with Crippen molar-refractivity contribution in [2.45, 2.75) is 119 Å². The van der Waals surface area contributed by atoms with Crippen molar-refractivity contribution in [1.82, 2.24) is 0 Å². The van der Waals surface area contributed by atoms with Gasteiger partial charge in [-0.05, 0) is 119 Å². The van der Waals surface area contributed by atoms with Gasteiger partial charge >= 0.3 is 0 Å². The van der Waals surface area contributed by atoms with Crippen LogP contribution in [0.15, 0.2) is 129 Å². The molecule has 0 fully saturated rings. The van der Waals surface area contributed by atoms with Gasteiger partial charge in [-0.15, -0.1) is 22.7 Å². The van der Waals surface area contributed by atoms with E-state index < -0.39 is 0 Å². The highest BCUT2D eigenvalue weighted by atomic mass is 32.2. The SMILES string of the molecule is CCCCCCCCC1(CCCCCCCC)c2cc(-c3ccc(/C=C4/Sc5ccccc5C4=O)s3)ccc2-c2ccc(-c3ccc(/C=C4/Sc5ccccc5C4=O)s3)cc21. The summed E-state index contributed by atoms with van der Waals surface area (Å²) in [5.41, 5.74) is 9.87. The zero-order chi connectivity index (χ0) is 41.8. The van der Waals surface area contributed by atoms with Gasteiger partial charge < -0.3 is 0 Å². The van der Waals surface area contributed by atoms with Gasteiger partial charge in [-0.25, -0.2) is 0 Å². The molecule has 4 heterocycles. The number of carbonyl (C=O) groups excluding carboxylic acids is 2. The third kappa shape index (κ3) is 8.76. The number of benzene rings is 4. The molecule has 2 nitrogen and oxygen atoms in total. The summed E-state index contributed by atoms with van der Waals surface area (Å²) < 4.78 is 0. The second-order valence-electron chi connectivity index (χ2n) is 16.9. The standard InChI is InChI=1S/C55H54O2S4/c1-3-5-7-9-11-17-31-55(32-18-12-10-8-6-4-2)45-33-37(47-29-25-39(58-47)35-51-53(56)43-19-13-15-21-49(43)60-51)23-27-41(45)42-28-24-38(34-46(42)55)48-30-26-40(59-48)36-52-54(57)44-20-14-16-22-50(44)61-52/h13-16,19-30,33-36H,3-12,17-18,31-32H2,1-2H3/b51-35+,52-36+. The molecule has 6 heteroatoms. The predicted molar refractivity (Wildman–Crippen MR) is 264 cm³/mol. The largest absolute Gasteiger partial charge is 0.288 e. The van der Waals surface area contributed by atoms with Crippen molar-refractivity contribution in [3.63, 3.8) is 0 Å². The highest BCUT2D eigenvalue weighted by Gasteiger charge is 2.43. The number of thioether (sulfide) groups is 2. The molecule has 2 aliphatic heterocycles. The van der Waals surface area contributed by atoms with Crippen LogP contribution >= 0.6 is 46.2 Å². The first-order valence-electron chi connectivity index (χ1n) is 22.5. The van der Waals surface area contributed by atoms with E-state index in [4.69, 9.17) is 0 Å². The fraction of sp³-hybridized carbons (Fsp3) is 0.309. The van der Waals surface area contributed by atoms with Gasteiger partial charge in [0.25, 0.3) is 0 Å². The minimum absolute atomic E-state index is 0.0618. The molecule has 6 aromatic rings. The number of hydrogen-bond donors (Lipinski definition) is 0. The third-order valence-electron chi connectivity index (χ3n) is 12.8. The van der Waals surface area contributed by atoms with E-state index in [1.54, 1.807) is 46.2 Å². The average molecular weight is 875 g/mol. The predicted octanol–water partition coefficient (Wildman–Crippen LogP) is 17.6. The van der Waals surface area contributed by atoms with Crippen LogP contribution in [0.3, 0.4) is 0 Å². The number of hydrogen-bond acceptors (Lipinski definition) is 6. The van der Waals surface area contributed by atoms with Crippen LogP contribution in [0.2, 0.25) is 0 Å². The number of rotatable bonds is 18. The van der Waals surface area contributed by atoms with Crippen molar-refractivity contribution in [1.29, 1.82) is 0 Å². The van der Waals surface area contributed by atoms with Crippen molar-refractivity contribution in [2.75, 3.05) is 0 Å². The number of fused-ring (bicyclic) bond motifs is 5. The fourth-order valence-corrected chi connectivity index (χ4v) is 13.7. The van der Waals surface area contributed by atoms with Crippen molar-refractivity contribution in [3.05, 3.63) is 151 Å². The Morgan fingerprint density at radius 3 is 1.33 bits per heavy atom. The lowest BCUT2D eigenvalue weighted by molar-refractivity contribution is 0.103. The maximum absolute atomic E-state index is 13.2. The van der Waals surface area contributed by atoms with Crippen LogP contribution in [0.4, 0.5) is 0 Å². The quantitative estimate of drug-likeness (QED) is 0.0636. The number of Topliss-reactive ketones (excluding diaryl/α,β-unsaturated/α-hetero) is 2. The summed E-state index contributed by atoms with van der Waals surface area (Å²) in [5, 5.41) is 0. The summed E-state index contributed by atoms with van der Waals surface area (Å²) in [6, 6.07) is 39.3. The van der Waals surface area contributed by atoms with E-state index >= 15 is 0 Å². The highest BCUT2D eigenvalue weighted by molar-refractivity contribution is 8.05. The maximum Gasteiger partial charge on any atom is 0.200 e. The average Bonchev–Trinajstić information content (AvgIpc) is 4.12. The van der Waals surface area contributed by atoms with Crippen molar-refractivity contribution in [3.8, 4) is 32.0 Å². The molecule has 0 spiro atoms. The molecule has 0 atom stereocenters. The molecule has 310 valence electrons. The minimum Gasteiger partial charge on any atom is -0.288 e. The zero-order valence-electron chi connectivity index (χ0n) is 35.4. The molecule has 0 saturated carbocycles. The summed E-state index contributed by atoms with van der Waals surface area (Å²) in [5.74, 6) is 0.258. The molecule has 9 rings (SSSR count). The molecule has 0 N–H and O–H groups in total. The molecular weight excluding hydrogens is 821 g/mol. The Kier molecular flexibility index (Phi) is 13.2. The lowest BCUT2D eigenvalue weighted by atomic mass is 9.70. The summed E-state index contributed by atoms with van der Waals surface area (Å²) in [6.45, 7) is 4.60. The third-order valence-corrected chi connectivity index (χ3v) is 17.2. The van der Waals surface area contributed by atoms with E-state index in [1.807, 2.05) is 48.5 Å². The Labute approximate surface area is 379 Å². The van der Waals surface area contributed by atoms with Gasteiger partial charge in [-0.3, -0.25) is 9.59 Å². The minimum atomic E-state index is -0.0618. The summed E-state index contributed by atoms with van der Waals surface area (Å²) in [7, 11) is 0. The lowest BCUT2D eigenvalue weighted by Gasteiger charge is -2.33. The molecule has 1 aliphatic carbocycles. The second kappa shape index (κ2) is 19.0. The maximum atomic E-state index is 13.2. The molecule has 0 saturated heterocycles. The van der Waals surface area contributed by atoms with Gasteiger partial charge in [-0.2, -0.15) is 0 Å². The number of thiophene rings is 2. The van der Waals surface area contributed by atoms with E-state index in [9.17, 15) is 9.59 Å². The Balaban J connectivity index is 1.06. The second-order valence-corrected chi connectivity index (χ2v) is 21.3. The molecule has 3 aliphatic rings. The first kappa shape index (κ1) is 42.1. The molecule has 4 aromatic carbocycles. The van der Waals surface area contributed by atoms with Gasteiger partial charge in [0.05, 0.1) is 9.81 Å². The molecule has 61 heavy (non-hydrogen) atoms. The summed E-state index contributed by atoms with van der Waals surface area (Å²) >= 11 is 6.74. The van der Waals surface area contributed by atoms with Gasteiger partial charge in [-0.1, -0.05) is 163 Å². The Morgan fingerprint density at radius 1 is 0.459 bits per heavy atom. The number of allylic oxidation sites excluding steroid dienone is 2. The Morgan fingerprint density at radius 2 is 0.885 bits per heavy atom. The normalized spacial score (nSPS) is 16.1. The Hall–Kier alpha value is -4.20. The van der Waals surface area contributed by atoms with Crippen LogP contribution in [0.25, 0.3) is 44.2 Å². The molecule has 0 bridgehead atoms. The first-order valence-corrected chi connectivity index (χ1v) is 25.8. The first-order chi connectivity index (χ1) is 30.0. The number of ketones is 2. The molecule has 2 aromatic heterocycles. The fourth-order valence-electron chi connectivity index (χ4n) is 9.58. The summed E-state index contributed by atoms with van der Waals surface area (Å²) in [4.78, 5) is 34.9. The van der Waals surface area contributed by atoms with E-state index in [0.29, 0.717) is 0 Å². The van der Waals surface area contributed by atoms with Crippen molar-refractivity contribution in [2.24, 2.45) is 0 Å². The van der Waals surface area contributed by atoms with Crippen LogP contribution in [0, 0.1) is 0 Å². The van der Waals surface area contributed by atoms with Gasteiger partial charge in [0.1, 0.15) is 0 Å². The zero-order valence-corrected chi connectivity index (χ0v) is 38.7. The molecule has 0 radical (unpaired) electrons. The van der Waals surface area contributed by atoms with Crippen molar-refractivity contribution >= 4 is 69.9 Å². The molecule has 0 amide bonds. The van der Waals surface area contributed by atoms with Crippen LogP contribution in [0.5, 0.6) is 0 Å². The van der Waals surface area contributed by atoms with Crippen molar-refractivity contribution < 1.29 is 9.59 Å². The molecule has 0 unspecified atom stereocenters. The van der Waals surface area contributed by atoms with E-state index in [1.165, 1.54) is 120 Å². The van der Waals surface area contributed by atoms with E-state index in [2.05, 4.69) is 86.7 Å². The lowest BCUT2D eigenvalue weighted by Crippen LogP contribution is -2.25. The van der Waals surface area contributed by atoms with Crippen LogP contribution in [-0.2, 0) is 5.41 Å². The van der Waals surface area contributed by atoms with E-state index in [0.717, 1.165) is 53.3 Å². The summed E-state index contributed by atoms with van der Waals surface area (Å²) in [6.07, 6.45) is 21.9. The van der Waals surface area contributed by atoms with Crippen LogP contribution in [-0.4, -0.2) is 11.6 Å². The van der Waals surface area contributed by atoms with Gasteiger partial charge in [0.2, 0.25) is 11.6 Å². The number of carbonyl (C=O) groups is 2. The van der Waals surface area contributed by atoms with Gasteiger partial charge in [0, 0.05) is 45.8 Å². The van der Waals surface area contributed by atoms with E-state index in [-0.39, 0.29) is 17.0 Å². The van der Waals surface area contributed by atoms with Crippen LogP contribution in [0.1, 0.15) is 145 Å². The van der Waals surface area contributed by atoms with Crippen LogP contribution < -0.4 is 0 Å². The Bertz CT molecular complexity index is 2450. The molecular formula is C55H54O2S4. The highest BCUT2D eigenvalue weighted by Crippen LogP contribution is 2.56. The van der Waals surface area contributed by atoms with Gasteiger partial charge in [0.15, 0.2) is 0 Å². The number of unbranched alkanes of at least 4 members (excludes halogenated alkanes) is 10. The monoisotopic (exact) mass is 874 g/mol. The topological polar surface area (TPSA) is 34.1 Å². The smallest absolute Gasteiger partial charge is 0.200 e.